The summed E-state index contributed by atoms with van der Waals surface area (Å²) in [7, 11) is 0. The molecular weight excluding hydrogens is 232 g/mol. The summed E-state index contributed by atoms with van der Waals surface area (Å²) >= 11 is 0. The molecule has 2 heterocycles. The minimum absolute atomic E-state index is 0.0839. The summed E-state index contributed by atoms with van der Waals surface area (Å²) in [6.45, 7) is 2.81. The highest BCUT2D eigenvalue weighted by molar-refractivity contribution is 5.86. The third-order valence-corrected chi connectivity index (χ3v) is 2.72. The van der Waals surface area contributed by atoms with Gasteiger partial charge in [0.25, 0.3) is 0 Å². The summed E-state index contributed by atoms with van der Waals surface area (Å²) in [5.74, 6) is -0.210. The van der Waals surface area contributed by atoms with Gasteiger partial charge in [0.2, 0.25) is 11.8 Å². The number of pyridine rings is 1. The molecular formula is C12H16N4O2. The van der Waals surface area contributed by atoms with E-state index in [2.05, 4.69) is 20.9 Å². The first kappa shape index (κ1) is 12.5. The van der Waals surface area contributed by atoms with Gasteiger partial charge in [-0.05, 0) is 19.1 Å². The number of piperazine rings is 1. The number of amides is 2. The third-order valence-electron chi connectivity index (χ3n) is 2.72. The average Bonchev–Trinajstić information content (AvgIpc) is 2.37. The zero-order valence-corrected chi connectivity index (χ0v) is 10.2. The van der Waals surface area contributed by atoms with Gasteiger partial charge < -0.3 is 10.6 Å². The zero-order chi connectivity index (χ0) is 13.0. The number of aryl methyl sites for hydroxylation is 1. The van der Waals surface area contributed by atoms with Crippen molar-refractivity contribution in [3.8, 4) is 0 Å². The number of carbonyl (C=O) groups is 2. The number of nitrogens with one attached hydrogen (secondary N) is 3. The first-order chi connectivity index (χ1) is 8.65. The smallest absolute Gasteiger partial charge is 0.239 e. The zero-order valence-electron chi connectivity index (χ0n) is 10.2. The fraction of sp³-hybridized carbons (Fsp3) is 0.417. The Morgan fingerprint density at radius 3 is 3.06 bits per heavy atom. The third kappa shape index (κ3) is 3.27. The number of rotatable bonds is 3. The fourth-order valence-electron chi connectivity index (χ4n) is 1.75. The Labute approximate surface area is 105 Å². The van der Waals surface area contributed by atoms with E-state index in [0.717, 1.165) is 11.4 Å². The Morgan fingerprint density at radius 1 is 1.56 bits per heavy atom. The van der Waals surface area contributed by atoms with E-state index >= 15 is 0 Å². The van der Waals surface area contributed by atoms with Crippen LogP contribution in [0.2, 0.25) is 0 Å². The Bertz CT molecular complexity index is 451. The summed E-state index contributed by atoms with van der Waals surface area (Å²) < 4.78 is 0. The maximum atomic E-state index is 11.8. The highest BCUT2D eigenvalue weighted by atomic mass is 16.2. The minimum Gasteiger partial charge on any atom is -0.353 e. The van der Waals surface area contributed by atoms with Crippen LogP contribution in [-0.2, 0) is 16.1 Å². The SMILES string of the molecule is Cc1cccc(CNC(=O)C2CNC(=O)CN2)n1. The second-order valence-corrected chi connectivity index (χ2v) is 4.23. The van der Waals surface area contributed by atoms with E-state index in [-0.39, 0.29) is 24.4 Å². The highest BCUT2D eigenvalue weighted by Crippen LogP contribution is 1.98. The second kappa shape index (κ2) is 5.59. The molecule has 6 heteroatoms. The van der Waals surface area contributed by atoms with Crippen molar-refractivity contribution in [2.75, 3.05) is 13.1 Å². The first-order valence-electron chi connectivity index (χ1n) is 5.85. The van der Waals surface area contributed by atoms with Gasteiger partial charge in [-0.25, -0.2) is 0 Å². The Kier molecular flexibility index (Phi) is 3.88. The molecule has 96 valence electrons. The van der Waals surface area contributed by atoms with Gasteiger partial charge in [-0.2, -0.15) is 0 Å². The molecule has 0 bridgehead atoms. The van der Waals surface area contributed by atoms with E-state index in [1.54, 1.807) is 0 Å². The van der Waals surface area contributed by atoms with Gasteiger partial charge in [-0.15, -0.1) is 0 Å². The number of nitrogens with zero attached hydrogens (tertiary/aromatic N) is 1. The van der Waals surface area contributed by atoms with Crippen molar-refractivity contribution in [3.05, 3.63) is 29.6 Å². The molecule has 6 nitrogen and oxygen atoms in total. The summed E-state index contributed by atoms with van der Waals surface area (Å²) in [5, 5.41) is 8.31. The van der Waals surface area contributed by atoms with Gasteiger partial charge in [-0.3, -0.25) is 19.9 Å². The van der Waals surface area contributed by atoms with Crippen LogP contribution in [0.15, 0.2) is 18.2 Å². The maximum absolute atomic E-state index is 11.8. The molecule has 1 aliphatic rings. The van der Waals surface area contributed by atoms with Crippen molar-refractivity contribution in [3.63, 3.8) is 0 Å². The standard InChI is InChI=1S/C12H16N4O2/c1-8-3-2-4-9(16-8)5-15-12(18)10-6-14-11(17)7-13-10/h2-4,10,13H,5-7H2,1H3,(H,14,17)(H,15,18). The molecule has 18 heavy (non-hydrogen) atoms. The monoisotopic (exact) mass is 248 g/mol. The van der Waals surface area contributed by atoms with Crippen LogP contribution in [0.1, 0.15) is 11.4 Å². The van der Waals surface area contributed by atoms with Crippen LogP contribution in [0.3, 0.4) is 0 Å². The van der Waals surface area contributed by atoms with Crippen LogP contribution in [-0.4, -0.2) is 35.9 Å². The predicted molar refractivity (Wildman–Crippen MR) is 65.6 cm³/mol. The number of hydrogen-bond acceptors (Lipinski definition) is 4. The van der Waals surface area contributed by atoms with Gasteiger partial charge in [-0.1, -0.05) is 6.07 Å². The normalized spacial score (nSPS) is 19.2. The summed E-state index contributed by atoms with van der Waals surface area (Å²) in [6, 6.07) is 5.31. The van der Waals surface area contributed by atoms with Crippen molar-refractivity contribution in [2.24, 2.45) is 0 Å². The first-order valence-corrected chi connectivity index (χ1v) is 5.85. The van der Waals surface area contributed by atoms with Gasteiger partial charge in [0.1, 0.15) is 6.04 Å². The molecule has 2 rings (SSSR count). The van der Waals surface area contributed by atoms with Gasteiger partial charge in [0.05, 0.1) is 18.8 Å². The van der Waals surface area contributed by atoms with Gasteiger partial charge in [0, 0.05) is 12.2 Å². The van der Waals surface area contributed by atoms with Crippen LogP contribution in [0.4, 0.5) is 0 Å². The summed E-state index contributed by atoms with van der Waals surface area (Å²) in [6.07, 6.45) is 0. The molecule has 0 saturated carbocycles. The fourth-order valence-corrected chi connectivity index (χ4v) is 1.75. The van der Waals surface area contributed by atoms with Crippen molar-refractivity contribution in [1.29, 1.82) is 0 Å². The predicted octanol–water partition coefficient (Wildman–Crippen LogP) is -0.906. The van der Waals surface area contributed by atoms with E-state index in [9.17, 15) is 9.59 Å². The van der Waals surface area contributed by atoms with Crippen LogP contribution in [0, 0.1) is 6.92 Å². The molecule has 1 saturated heterocycles. The van der Waals surface area contributed by atoms with E-state index in [4.69, 9.17) is 0 Å². The quantitative estimate of drug-likeness (QED) is 0.647. The number of aromatic nitrogens is 1. The molecule has 0 aromatic carbocycles. The van der Waals surface area contributed by atoms with E-state index < -0.39 is 0 Å². The lowest BCUT2D eigenvalue weighted by molar-refractivity contribution is -0.126. The molecule has 1 fully saturated rings. The largest absolute Gasteiger partial charge is 0.353 e. The van der Waals surface area contributed by atoms with Crippen molar-refractivity contribution >= 4 is 11.8 Å². The van der Waals surface area contributed by atoms with Gasteiger partial charge >= 0.3 is 0 Å². The highest BCUT2D eigenvalue weighted by Gasteiger charge is 2.23. The van der Waals surface area contributed by atoms with Crippen LogP contribution in [0.5, 0.6) is 0 Å². The lowest BCUT2D eigenvalue weighted by Gasteiger charge is -2.23. The average molecular weight is 248 g/mol. The molecule has 0 radical (unpaired) electrons. The van der Waals surface area contributed by atoms with Crippen molar-refractivity contribution in [1.82, 2.24) is 20.9 Å². The van der Waals surface area contributed by atoms with E-state index in [1.807, 2.05) is 25.1 Å². The minimum atomic E-state index is -0.368. The Morgan fingerprint density at radius 2 is 2.39 bits per heavy atom. The molecule has 1 atom stereocenters. The Balaban J connectivity index is 1.83. The maximum Gasteiger partial charge on any atom is 0.239 e. The number of hydrogen-bond donors (Lipinski definition) is 3. The van der Waals surface area contributed by atoms with Crippen LogP contribution in [0.25, 0.3) is 0 Å². The molecule has 2 amide bonds. The molecule has 0 aliphatic carbocycles. The summed E-state index contributed by atoms with van der Waals surface area (Å²) in [4.78, 5) is 27.0. The Hall–Kier alpha value is -1.95. The second-order valence-electron chi connectivity index (χ2n) is 4.23. The van der Waals surface area contributed by atoms with E-state index in [1.165, 1.54) is 0 Å². The molecule has 3 N–H and O–H groups in total. The lowest BCUT2D eigenvalue weighted by Crippen LogP contribution is -2.57. The van der Waals surface area contributed by atoms with Crippen LogP contribution >= 0.6 is 0 Å². The van der Waals surface area contributed by atoms with Crippen molar-refractivity contribution in [2.45, 2.75) is 19.5 Å². The van der Waals surface area contributed by atoms with Crippen molar-refractivity contribution < 1.29 is 9.59 Å². The number of carbonyl (C=O) groups excluding carboxylic acids is 2. The molecule has 1 aromatic heterocycles. The molecule has 0 spiro atoms. The van der Waals surface area contributed by atoms with E-state index in [0.29, 0.717) is 13.1 Å². The van der Waals surface area contributed by atoms with Crippen LogP contribution < -0.4 is 16.0 Å². The summed E-state index contributed by atoms with van der Waals surface area (Å²) in [5.41, 5.74) is 1.74. The molecule has 1 aromatic rings. The van der Waals surface area contributed by atoms with Gasteiger partial charge in [0.15, 0.2) is 0 Å². The molecule has 1 unspecified atom stereocenters. The topological polar surface area (TPSA) is 83.1 Å². The lowest BCUT2D eigenvalue weighted by atomic mass is 10.2. The molecule has 1 aliphatic heterocycles.